The molecule has 21 heavy (non-hydrogen) atoms. The van der Waals surface area contributed by atoms with Gasteiger partial charge in [0.05, 0.1) is 5.69 Å². The van der Waals surface area contributed by atoms with Crippen LogP contribution in [0.4, 0.5) is 0 Å². The van der Waals surface area contributed by atoms with Gasteiger partial charge in [-0.15, -0.1) is 0 Å². The van der Waals surface area contributed by atoms with Crippen LogP contribution in [0.15, 0.2) is 24.5 Å². The van der Waals surface area contributed by atoms with E-state index in [0.717, 1.165) is 37.4 Å². The Labute approximate surface area is 122 Å². The zero-order chi connectivity index (χ0) is 14.7. The predicted molar refractivity (Wildman–Crippen MR) is 74.8 cm³/mol. The molecule has 0 spiro atoms. The Balaban J connectivity index is 1.67. The third kappa shape index (κ3) is 3.25. The van der Waals surface area contributed by atoms with Crippen LogP contribution in [0.1, 0.15) is 40.8 Å². The van der Waals surface area contributed by atoms with Gasteiger partial charge in [-0.25, -0.2) is 14.8 Å². The van der Waals surface area contributed by atoms with Gasteiger partial charge in [-0.1, -0.05) is 6.07 Å². The molecular weight excluding hydrogens is 270 g/mol. The van der Waals surface area contributed by atoms with Crippen LogP contribution in [-0.4, -0.2) is 49.2 Å². The fourth-order valence-electron chi connectivity index (χ4n) is 2.75. The summed E-state index contributed by atoms with van der Waals surface area (Å²) in [6, 6.07) is 5.12. The molecule has 0 saturated carbocycles. The average molecular weight is 287 g/mol. The van der Waals surface area contributed by atoms with E-state index < -0.39 is 5.97 Å². The summed E-state index contributed by atoms with van der Waals surface area (Å²) in [4.78, 5) is 21.6. The van der Waals surface area contributed by atoms with E-state index in [1.54, 1.807) is 6.07 Å². The number of hydrogen-bond donors (Lipinski definition) is 2. The number of hydrogen-bond acceptors (Lipinski definition) is 5. The second-order valence-corrected chi connectivity index (χ2v) is 5.26. The van der Waals surface area contributed by atoms with Crippen molar-refractivity contribution < 1.29 is 9.90 Å². The largest absolute Gasteiger partial charge is 0.477 e. The number of carboxylic acids is 1. The van der Waals surface area contributed by atoms with Crippen molar-refractivity contribution in [2.45, 2.75) is 25.3 Å². The average Bonchev–Trinajstić information content (AvgIpc) is 3.02. The zero-order valence-electron chi connectivity index (χ0n) is 11.6. The van der Waals surface area contributed by atoms with Crippen LogP contribution in [0, 0.1) is 0 Å². The summed E-state index contributed by atoms with van der Waals surface area (Å²) in [6.07, 6.45) is 3.71. The number of carbonyl (C=O) groups is 1. The van der Waals surface area contributed by atoms with E-state index in [2.05, 4.69) is 25.1 Å². The molecule has 2 N–H and O–H groups in total. The van der Waals surface area contributed by atoms with Gasteiger partial charge in [0.2, 0.25) is 0 Å². The van der Waals surface area contributed by atoms with Crippen LogP contribution in [0.3, 0.4) is 0 Å². The first-order valence-corrected chi connectivity index (χ1v) is 6.99. The zero-order valence-corrected chi connectivity index (χ0v) is 11.6. The Kier molecular flexibility index (Phi) is 3.92. The predicted octanol–water partition coefficient (Wildman–Crippen LogP) is 1.28. The minimum absolute atomic E-state index is 0.0938. The lowest BCUT2D eigenvalue weighted by molar-refractivity contribution is 0.0689. The van der Waals surface area contributed by atoms with E-state index in [0.29, 0.717) is 12.5 Å². The summed E-state index contributed by atoms with van der Waals surface area (Å²) in [7, 11) is 0. The molecule has 0 aromatic carbocycles. The van der Waals surface area contributed by atoms with Gasteiger partial charge in [-0.05, 0) is 31.5 Å². The summed E-state index contributed by atoms with van der Waals surface area (Å²) in [5, 5.41) is 15.8. The molecular formula is C14H17N5O2. The van der Waals surface area contributed by atoms with Crippen LogP contribution >= 0.6 is 0 Å². The molecule has 1 aliphatic heterocycles. The molecule has 1 aliphatic rings. The molecule has 7 nitrogen and oxygen atoms in total. The van der Waals surface area contributed by atoms with Gasteiger partial charge >= 0.3 is 5.97 Å². The Morgan fingerprint density at radius 3 is 3.14 bits per heavy atom. The molecule has 3 rings (SSSR count). The van der Waals surface area contributed by atoms with E-state index in [1.165, 1.54) is 12.4 Å². The molecule has 1 atom stereocenters. The van der Waals surface area contributed by atoms with Gasteiger partial charge in [-0.2, -0.15) is 5.10 Å². The van der Waals surface area contributed by atoms with Crippen LogP contribution in [0.25, 0.3) is 0 Å². The maximum absolute atomic E-state index is 11.0. The molecule has 0 radical (unpaired) electrons. The molecule has 110 valence electrons. The molecule has 3 heterocycles. The van der Waals surface area contributed by atoms with Crippen molar-refractivity contribution in [1.82, 2.24) is 25.1 Å². The van der Waals surface area contributed by atoms with Gasteiger partial charge in [0.1, 0.15) is 17.8 Å². The Hall–Kier alpha value is -2.28. The number of nitrogens with one attached hydrogen (secondary N) is 1. The van der Waals surface area contributed by atoms with E-state index in [9.17, 15) is 4.79 Å². The summed E-state index contributed by atoms with van der Waals surface area (Å²) in [5.41, 5.74) is 0.879. The monoisotopic (exact) mass is 287 g/mol. The minimum atomic E-state index is -0.991. The second kappa shape index (κ2) is 6.01. The normalized spacial score (nSPS) is 19.5. The van der Waals surface area contributed by atoms with Crippen LogP contribution in [0.2, 0.25) is 0 Å². The van der Waals surface area contributed by atoms with E-state index >= 15 is 0 Å². The summed E-state index contributed by atoms with van der Waals surface area (Å²) >= 11 is 0. The van der Waals surface area contributed by atoms with Crippen molar-refractivity contribution in [2.24, 2.45) is 0 Å². The third-order valence-electron chi connectivity index (χ3n) is 3.74. The number of H-pyrrole nitrogens is 1. The number of likely N-dealkylation sites (tertiary alicyclic amines) is 1. The molecule has 0 unspecified atom stereocenters. The highest BCUT2D eigenvalue weighted by Gasteiger charge is 2.23. The number of pyridine rings is 1. The van der Waals surface area contributed by atoms with Gasteiger partial charge in [0.25, 0.3) is 0 Å². The fraction of sp³-hybridized carbons (Fsp3) is 0.429. The maximum Gasteiger partial charge on any atom is 0.354 e. The van der Waals surface area contributed by atoms with Crippen molar-refractivity contribution >= 4 is 5.97 Å². The minimum Gasteiger partial charge on any atom is -0.477 e. The summed E-state index contributed by atoms with van der Waals surface area (Å²) in [5.74, 6) is 0.283. The van der Waals surface area contributed by atoms with Gasteiger partial charge in [-0.3, -0.25) is 10.00 Å². The van der Waals surface area contributed by atoms with Crippen LogP contribution in [0.5, 0.6) is 0 Å². The highest BCUT2D eigenvalue weighted by Crippen LogP contribution is 2.24. The van der Waals surface area contributed by atoms with E-state index in [-0.39, 0.29) is 5.69 Å². The van der Waals surface area contributed by atoms with Gasteiger partial charge in [0, 0.05) is 19.0 Å². The number of nitrogens with zero attached hydrogens (tertiary/aromatic N) is 4. The molecule has 2 aromatic heterocycles. The molecule has 7 heteroatoms. The van der Waals surface area contributed by atoms with Crippen molar-refractivity contribution in [3.8, 4) is 0 Å². The fourth-order valence-corrected chi connectivity index (χ4v) is 2.75. The SMILES string of the molecule is O=C(O)c1cccc(CN2CCC[C@@H](c3ncn[nH]3)C2)n1. The maximum atomic E-state index is 11.0. The molecule has 0 aliphatic carbocycles. The van der Waals surface area contributed by atoms with Gasteiger partial charge in [0.15, 0.2) is 0 Å². The smallest absolute Gasteiger partial charge is 0.354 e. The summed E-state index contributed by atoms with van der Waals surface area (Å²) in [6.45, 7) is 2.53. The molecule has 0 bridgehead atoms. The Bertz CT molecular complexity index is 614. The molecule has 2 aromatic rings. The van der Waals surface area contributed by atoms with Crippen molar-refractivity contribution in [3.05, 3.63) is 41.7 Å². The second-order valence-electron chi connectivity index (χ2n) is 5.26. The molecule has 1 fully saturated rings. The first-order valence-electron chi connectivity index (χ1n) is 6.99. The topological polar surface area (TPSA) is 95.0 Å². The number of aromatic carboxylic acids is 1. The van der Waals surface area contributed by atoms with Crippen LogP contribution < -0.4 is 0 Å². The third-order valence-corrected chi connectivity index (χ3v) is 3.74. The molecule has 1 saturated heterocycles. The highest BCUT2D eigenvalue weighted by atomic mass is 16.4. The van der Waals surface area contributed by atoms with Crippen molar-refractivity contribution in [1.29, 1.82) is 0 Å². The molecule has 0 amide bonds. The highest BCUT2D eigenvalue weighted by molar-refractivity contribution is 5.85. The first-order chi connectivity index (χ1) is 10.2. The van der Waals surface area contributed by atoms with Gasteiger partial charge < -0.3 is 5.11 Å². The number of rotatable bonds is 4. The number of aromatic nitrogens is 4. The lowest BCUT2D eigenvalue weighted by Gasteiger charge is -2.31. The van der Waals surface area contributed by atoms with Crippen molar-refractivity contribution in [3.63, 3.8) is 0 Å². The Morgan fingerprint density at radius 2 is 2.38 bits per heavy atom. The Morgan fingerprint density at radius 1 is 1.48 bits per heavy atom. The van der Waals surface area contributed by atoms with E-state index in [4.69, 9.17) is 5.11 Å². The number of piperidine rings is 1. The number of aromatic amines is 1. The summed E-state index contributed by atoms with van der Waals surface area (Å²) < 4.78 is 0. The lowest BCUT2D eigenvalue weighted by Crippen LogP contribution is -2.34. The van der Waals surface area contributed by atoms with Crippen LogP contribution in [-0.2, 0) is 6.54 Å². The number of carboxylic acid groups (broad SMARTS) is 1. The quantitative estimate of drug-likeness (QED) is 0.879. The lowest BCUT2D eigenvalue weighted by atomic mass is 9.97. The van der Waals surface area contributed by atoms with Crippen molar-refractivity contribution in [2.75, 3.05) is 13.1 Å². The standard InChI is InChI=1S/C14H17N5O2/c20-14(21)12-5-1-4-11(17-12)8-19-6-2-3-10(7-19)13-15-9-16-18-13/h1,4-5,9-10H,2-3,6-8H2,(H,20,21)(H,15,16,18)/t10-/m1/s1. The van der Waals surface area contributed by atoms with E-state index in [1.807, 2.05) is 6.07 Å². The first kappa shape index (κ1) is 13.7.